The second-order valence-corrected chi connectivity index (χ2v) is 3.19. The molecule has 0 saturated carbocycles. The first-order valence-corrected chi connectivity index (χ1v) is 4.90. The minimum absolute atomic E-state index is 0.427. The molecule has 1 heterocycles. The maximum atomic E-state index is 11.2. The summed E-state index contributed by atoms with van der Waals surface area (Å²) in [5.74, 6) is -1.10. The van der Waals surface area contributed by atoms with E-state index < -0.39 is 18.5 Å². The fraction of sp³-hybridized carbons (Fsp3) is 0.444. The van der Waals surface area contributed by atoms with Gasteiger partial charge in [-0.1, -0.05) is 0 Å². The molecule has 0 aliphatic carbocycles. The Hall–Kier alpha value is -2.09. The van der Waals surface area contributed by atoms with E-state index in [2.05, 4.69) is 15.7 Å². The number of rotatable bonds is 6. The molecule has 1 aromatic heterocycles. The summed E-state index contributed by atoms with van der Waals surface area (Å²) in [6, 6.07) is -0.585. The molecule has 0 unspecified atom stereocenters. The van der Waals surface area contributed by atoms with Crippen LogP contribution in [0.1, 0.15) is 0 Å². The molecule has 0 saturated heterocycles. The first-order chi connectivity index (χ1) is 8.11. The van der Waals surface area contributed by atoms with Crippen molar-refractivity contribution in [2.75, 3.05) is 25.6 Å². The number of carboxylic acid groups (broad SMARTS) is 1. The highest BCUT2D eigenvalue weighted by atomic mass is 16.5. The lowest BCUT2D eigenvalue weighted by Crippen LogP contribution is -2.33. The van der Waals surface area contributed by atoms with E-state index in [0.29, 0.717) is 18.8 Å². The van der Waals surface area contributed by atoms with Gasteiger partial charge in [0.15, 0.2) is 0 Å². The van der Waals surface area contributed by atoms with Crippen LogP contribution in [0.3, 0.4) is 0 Å². The molecule has 0 aliphatic heterocycles. The lowest BCUT2D eigenvalue weighted by atomic mass is 10.5. The summed E-state index contributed by atoms with van der Waals surface area (Å²) in [6.07, 6.45) is 3.09. The zero-order valence-corrected chi connectivity index (χ0v) is 9.34. The molecule has 2 amide bonds. The highest BCUT2D eigenvalue weighted by molar-refractivity contribution is 5.90. The van der Waals surface area contributed by atoms with Gasteiger partial charge in [0.1, 0.15) is 6.54 Å². The van der Waals surface area contributed by atoms with Crippen molar-refractivity contribution < 1.29 is 19.4 Å². The molecule has 0 radical (unpaired) electrons. The van der Waals surface area contributed by atoms with Crippen LogP contribution < -0.4 is 10.6 Å². The van der Waals surface area contributed by atoms with E-state index in [-0.39, 0.29) is 0 Å². The van der Waals surface area contributed by atoms with Crippen molar-refractivity contribution in [2.24, 2.45) is 0 Å². The number of methoxy groups -OCH3 is 1. The Morgan fingerprint density at radius 1 is 1.59 bits per heavy atom. The number of aromatic nitrogens is 2. The van der Waals surface area contributed by atoms with E-state index in [9.17, 15) is 9.59 Å². The van der Waals surface area contributed by atoms with Gasteiger partial charge in [-0.05, 0) is 0 Å². The van der Waals surface area contributed by atoms with E-state index in [1.807, 2.05) is 0 Å². The minimum Gasteiger partial charge on any atom is -0.480 e. The third kappa shape index (κ3) is 4.98. The predicted octanol–water partition coefficient (Wildman–Crippen LogP) is -0.264. The third-order valence-corrected chi connectivity index (χ3v) is 1.82. The predicted molar refractivity (Wildman–Crippen MR) is 58.8 cm³/mol. The lowest BCUT2D eigenvalue weighted by molar-refractivity contribution is -0.135. The van der Waals surface area contributed by atoms with Crippen LogP contribution in [0.4, 0.5) is 10.5 Å². The second-order valence-electron chi connectivity index (χ2n) is 3.19. The molecule has 3 N–H and O–H groups in total. The number of carbonyl (C=O) groups excluding carboxylic acids is 1. The SMILES string of the molecule is COCCn1cc(NC(=O)NCC(=O)O)cn1. The summed E-state index contributed by atoms with van der Waals surface area (Å²) in [6.45, 7) is 0.672. The summed E-state index contributed by atoms with van der Waals surface area (Å²) in [5, 5.41) is 17.0. The third-order valence-electron chi connectivity index (χ3n) is 1.82. The molecule has 8 nitrogen and oxygen atoms in total. The zero-order chi connectivity index (χ0) is 12.7. The van der Waals surface area contributed by atoms with Crippen LogP contribution in [0, 0.1) is 0 Å². The highest BCUT2D eigenvalue weighted by Crippen LogP contribution is 2.03. The summed E-state index contributed by atoms with van der Waals surface area (Å²) >= 11 is 0. The number of amides is 2. The van der Waals surface area contributed by atoms with Crippen LogP contribution in [0.5, 0.6) is 0 Å². The van der Waals surface area contributed by atoms with Gasteiger partial charge in [0, 0.05) is 13.3 Å². The summed E-state index contributed by atoms with van der Waals surface area (Å²) in [5.41, 5.74) is 0.490. The molecule has 0 atom stereocenters. The van der Waals surface area contributed by atoms with E-state index in [1.54, 1.807) is 18.0 Å². The standard InChI is InChI=1S/C9H14N4O4/c1-17-3-2-13-6-7(4-11-13)12-9(16)10-5-8(14)15/h4,6H,2-3,5H2,1H3,(H,14,15)(H2,10,12,16). The summed E-state index contributed by atoms with van der Waals surface area (Å²) in [7, 11) is 1.59. The fourth-order valence-corrected chi connectivity index (χ4v) is 1.07. The molecule has 94 valence electrons. The Morgan fingerprint density at radius 2 is 2.35 bits per heavy atom. The van der Waals surface area contributed by atoms with Crippen LogP contribution in [0.15, 0.2) is 12.4 Å². The van der Waals surface area contributed by atoms with E-state index in [4.69, 9.17) is 9.84 Å². The average molecular weight is 242 g/mol. The number of anilines is 1. The molecule has 0 bridgehead atoms. The van der Waals surface area contributed by atoms with Crippen molar-refractivity contribution in [2.45, 2.75) is 6.54 Å². The van der Waals surface area contributed by atoms with Gasteiger partial charge in [-0.3, -0.25) is 9.48 Å². The minimum atomic E-state index is -1.10. The smallest absolute Gasteiger partial charge is 0.323 e. The van der Waals surface area contributed by atoms with Gasteiger partial charge in [0.05, 0.1) is 25.0 Å². The van der Waals surface area contributed by atoms with Crippen molar-refractivity contribution in [1.82, 2.24) is 15.1 Å². The topological polar surface area (TPSA) is 105 Å². The number of urea groups is 1. The Kier molecular flexibility index (Phi) is 4.95. The molecule has 0 aliphatic rings. The normalized spacial score (nSPS) is 9.94. The molecular formula is C9H14N4O4. The van der Waals surface area contributed by atoms with Crippen LogP contribution in [0.2, 0.25) is 0 Å². The molecule has 1 rings (SSSR count). The van der Waals surface area contributed by atoms with Gasteiger partial charge in [-0.2, -0.15) is 5.10 Å². The maximum Gasteiger partial charge on any atom is 0.323 e. The van der Waals surface area contributed by atoms with Crippen molar-refractivity contribution in [3.8, 4) is 0 Å². The largest absolute Gasteiger partial charge is 0.480 e. The Balaban J connectivity index is 2.37. The molecule has 0 aromatic carbocycles. The van der Waals surface area contributed by atoms with Gasteiger partial charge in [0.2, 0.25) is 0 Å². The number of hydrogen-bond donors (Lipinski definition) is 3. The van der Waals surface area contributed by atoms with Crippen molar-refractivity contribution in [3.05, 3.63) is 12.4 Å². The van der Waals surface area contributed by atoms with Gasteiger partial charge in [-0.15, -0.1) is 0 Å². The first-order valence-electron chi connectivity index (χ1n) is 4.90. The van der Waals surface area contributed by atoms with Crippen molar-refractivity contribution >= 4 is 17.7 Å². The van der Waals surface area contributed by atoms with E-state index in [0.717, 1.165) is 0 Å². The lowest BCUT2D eigenvalue weighted by Gasteiger charge is -2.02. The molecule has 1 aromatic rings. The first kappa shape index (κ1) is 13.0. The average Bonchev–Trinajstić information content (AvgIpc) is 2.71. The number of aliphatic carboxylic acids is 1. The number of ether oxygens (including phenoxy) is 1. The van der Waals surface area contributed by atoms with E-state index in [1.165, 1.54) is 6.20 Å². The van der Waals surface area contributed by atoms with Crippen molar-refractivity contribution in [1.29, 1.82) is 0 Å². The van der Waals surface area contributed by atoms with Gasteiger partial charge >= 0.3 is 12.0 Å². The van der Waals surface area contributed by atoms with Crippen LogP contribution in [-0.4, -0.2) is 47.1 Å². The molecule has 17 heavy (non-hydrogen) atoms. The Labute approximate surface area is 97.6 Å². The van der Waals surface area contributed by atoms with Gasteiger partial charge in [-0.25, -0.2) is 4.79 Å². The molecule has 0 spiro atoms. The number of nitrogens with zero attached hydrogens (tertiary/aromatic N) is 2. The molecule has 0 fully saturated rings. The van der Waals surface area contributed by atoms with Crippen molar-refractivity contribution in [3.63, 3.8) is 0 Å². The summed E-state index contributed by atoms with van der Waals surface area (Å²) in [4.78, 5) is 21.4. The Bertz CT molecular complexity index is 390. The van der Waals surface area contributed by atoms with E-state index >= 15 is 0 Å². The quantitative estimate of drug-likeness (QED) is 0.637. The molecular weight excluding hydrogens is 228 g/mol. The van der Waals surface area contributed by atoms with Gasteiger partial charge in [0.25, 0.3) is 0 Å². The zero-order valence-electron chi connectivity index (χ0n) is 9.34. The Morgan fingerprint density at radius 3 is 3.00 bits per heavy atom. The number of carbonyl (C=O) groups is 2. The summed E-state index contributed by atoms with van der Waals surface area (Å²) < 4.78 is 6.48. The second kappa shape index (κ2) is 6.48. The van der Waals surface area contributed by atoms with Crippen LogP contribution in [0.25, 0.3) is 0 Å². The molecule has 8 heteroatoms. The van der Waals surface area contributed by atoms with Crippen LogP contribution in [-0.2, 0) is 16.1 Å². The van der Waals surface area contributed by atoms with Crippen LogP contribution >= 0.6 is 0 Å². The highest BCUT2D eigenvalue weighted by Gasteiger charge is 2.05. The number of nitrogens with one attached hydrogen (secondary N) is 2. The fourth-order valence-electron chi connectivity index (χ4n) is 1.07. The monoisotopic (exact) mass is 242 g/mol. The maximum absolute atomic E-state index is 11.2. The number of hydrogen-bond acceptors (Lipinski definition) is 4. The van der Waals surface area contributed by atoms with Gasteiger partial charge < -0.3 is 20.5 Å². The number of carboxylic acids is 1.